The number of halogens is 1. The van der Waals surface area contributed by atoms with Gasteiger partial charge in [-0.25, -0.2) is 5.43 Å². The molecular formula is C17H16ClN3O4. The second kappa shape index (κ2) is 8.70. The van der Waals surface area contributed by atoms with E-state index in [1.54, 1.807) is 36.4 Å². The lowest BCUT2D eigenvalue weighted by atomic mass is 10.2. The van der Waals surface area contributed by atoms with E-state index in [0.29, 0.717) is 21.9 Å². The number of rotatable bonds is 6. The van der Waals surface area contributed by atoms with Crippen LogP contribution in [-0.2, 0) is 4.79 Å². The second-order valence-electron chi connectivity index (χ2n) is 4.88. The van der Waals surface area contributed by atoms with Crippen molar-refractivity contribution in [2.75, 3.05) is 13.7 Å². The van der Waals surface area contributed by atoms with Crippen LogP contribution in [-0.4, -0.2) is 36.8 Å². The summed E-state index contributed by atoms with van der Waals surface area (Å²) < 4.78 is 4.97. The number of carbonyl (C=O) groups is 2. The van der Waals surface area contributed by atoms with Crippen LogP contribution in [0, 0.1) is 0 Å². The molecule has 0 aromatic heterocycles. The van der Waals surface area contributed by atoms with E-state index in [1.165, 1.54) is 19.4 Å². The van der Waals surface area contributed by atoms with E-state index in [1.807, 2.05) is 0 Å². The van der Waals surface area contributed by atoms with Crippen LogP contribution in [0.3, 0.4) is 0 Å². The van der Waals surface area contributed by atoms with Gasteiger partial charge in [-0.1, -0.05) is 23.7 Å². The fourth-order valence-corrected chi connectivity index (χ4v) is 2.10. The van der Waals surface area contributed by atoms with Crippen LogP contribution in [0.5, 0.6) is 11.5 Å². The summed E-state index contributed by atoms with van der Waals surface area (Å²) in [5, 5.41) is 16.5. The highest BCUT2D eigenvalue weighted by Gasteiger charge is 2.08. The van der Waals surface area contributed by atoms with Crippen LogP contribution in [0.4, 0.5) is 0 Å². The van der Waals surface area contributed by atoms with E-state index >= 15 is 0 Å². The second-order valence-corrected chi connectivity index (χ2v) is 5.32. The van der Waals surface area contributed by atoms with Crippen molar-refractivity contribution < 1.29 is 19.4 Å². The van der Waals surface area contributed by atoms with E-state index in [9.17, 15) is 14.7 Å². The predicted molar refractivity (Wildman–Crippen MR) is 94.2 cm³/mol. The topological polar surface area (TPSA) is 100 Å². The Bertz CT molecular complexity index is 808. The molecule has 25 heavy (non-hydrogen) atoms. The lowest BCUT2D eigenvalue weighted by Crippen LogP contribution is -2.34. The van der Waals surface area contributed by atoms with Crippen LogP contribution in [0.15, 0.2) is 47.6 Å². The van der Waals surface area contributed by atoms with E-state index in [2.05, 4.69) is 15.8 Å². The Balaban J connectivity index is 1.86. The number of benzene rings is 2. The molecule has 0 fully saturated rings. The number of nitrogens with one attached hydrogen (secondary N) is 2. The van der Waals surface area contributed by atoms with Crippen molar-refractivity contribution in [3.63, 3.8) is 0 Å². The fraction of sp³-hybridized carbons (Fsp3) is 0.118. The summed E-state index contributed by atoms with van der Waals surface area (Å²) in [4.78, 5) is 23.6. The van der Waals surface area contributed by atoms with Gasteiger partial charge in [0.1, 0.15) is 0 Å². The van der Waals surface area contributed by atoms with Gasteiger partial charge in [0.25, 0.3) is 11.8 Å². The molecule has 0 atom stereocenters. The van der Waals surface area contributed by atoms with Crippen LogP contribution >= 0.6 is 11.6 Å². The minimum absolute atomic E-state index is 0.0859. The van der Waals surface area contributed by atoms with Crippen LogP contribution in [0.25, 0.3) is 0 Å². The quantitative estimate of drug-likeness (QED) is 0.540. The fourth-order valence-electron chi connectivity index (χ4n) is 1.91. The van der Waals surface area contributed by atoms with Crippen molar-refractivity contribution in [2.45, 2.75) is 0 Å². The molecule has 3 N–H and O–H groups in total. The Kier molecular flexibility index (Phi) is 6.36. The molecule has 2 aromatic carbocycles. The molecule has 0 spiro atoms. The summed E-state index contributed by atoms with van der Waals surface area (Å²) in [5.41, 5.74) is 2.98. The largest absolute Gasteiger partial charge is 0.504 e. The number of phenols is 1. The first-order valence-electron chi connectivity index (χ1n) is 7.23. The molecule has 0 radical (unpaired) electrons. The third-order valence-electron chi connectivity index (χ3n) is 3.14. The number of carbonyl (C=O) groups excluding carboxylic acids is 2. The Hall–Kier alpha value is -3.06. The first kappa shape index (κ1) is 18.3. The zero-order valence-electron chi connectivity index (χ0n) is 13.3. The predicted octanol–water partition coefficient (Wildman–Crippen LogP) is 1.93. The lowest BCUT2D eigenvalue weighted by molar-refractivity contribution is -0.120. The molecule has 0 bridgehead atoms. The van der Waals surface area contributed by atoms with Gasteiger partial charge in [-0.15, -0.1) is 0 Å². The number of methoxy groups -OCH3 is 1. The average molecular weight is 362 g/mol. The van der Waals surface area contributed by atoms with Gasteiger partial charge >= 0.3 is 0 Å². The maximum atomic E-state index is 11.9. The average Bonchev–Trinajstić information content (AvgIpc) is 2.61. The molecule has 0 aliphatic heterocycles. The van der Waals surface area contributed by atoms with E-state index in [4.69, 9.17) is 16.3 Å². The lowest BCUT2D eigenvalue weighted by Gasteiger charge is -2.06. The summed E-state index contributed by atoms with van der Waals surface area (Å²) in [6.07, 6.45) is 1.27. The van der Waals surface area contributed by atoms with Gasteiger partial charge < -0.3 is 15.2 Å². The standard InChI is InChI=1S/C17H16ClN3O4/c1-25-14-7-3-5-12(16(14)23)9-20-21-15(22)10-19-17(24)11-4-2-6-13(18)8-11/h2-9,23H,10H2,1H3,(H,19,24)(H,21,22)/b20-9-. The molecule has 0 heterocycles. The van der Waals surface area contributed by atoms with Gasteiger partial charge in [-0.05, 0) is 30.3 Å². The summed E-state index contributed by atoms with van der Waals surface area (Å²) in [5.74, 6) is -0.734. The maximum absolute atomic E-state index is 11.9. The zero-order valence-corrected chi connectivity index (χ0v) is 14.1. The minimum Gasteiger partial charge on any atom is -0.504 e. The summed E-state index contributed by atoms with van der Waals surface area (Å²) >= 11 is 5.80. The van der Waals surface area contributed by atoms with E-state index < -0.39 is 11.8 Å². The van der Waals surface area contributed by atoms with E-state index in [0.717, 1.165) is 0 Å². The first-order valence-corrected chi connectivity index (χ1v) is 7.60. The minimum atomic E-state index is -0.519. The third kappa shape index (κ3) is 5.22. The summed E-state index contributed by atoms with van der Waals surface area (Å²) in [6.45, 7) is -0.257. The molecule has 2 aromatic rings. The van der Waals surface area contributed by atoms with Gasteiger partial charge in [0.2, 0.25) is 0 Å². The highest BCUT2D eigenvalue weighted by Crippen LogP contribution is 2.27. The highest BCUT2D eigenvalue weighted by molar-refractivity contribution is 6.30. The number of hydrogen-bond donors (Lipinski definition) is 3. The van der Waals surface area contributed by atoms with Crippen molar-refractivity contribution in [1.82, 2.24) is 10.7 Å². The number of phenolic OH excluding ortho intramolecular Hbond substituents is 1. The molecule has 2 amide bonds. The van der Waals surface area contributed by atoms with Crippen molar-refractivity contribution >= 4 is 29.6 Å². The molecule has 0 saturated carbocycles. The molecular weight excluding hydrogens is 346 g/mol. The van der Waals surface area contributed by atoms with E-state index in [-0.39, 0.29) is 12.3 Å². The van der Waals surface area contributed by atoms with Crippen LogP contribution in [0.2, 0.25) is 5.02 Å². The number of hydrazone groups is 1. The molecule has 0 aliphatic rings. The normalized spacial score (nSPS) is 10.5. The maximum Gasteiger partial charge on any atom is 0.259 e. The number of hydrogen-bond acceptors (Lipinski definition) is 5. The van der Waals surface area contributed by atoms with Crippen molar-refractivity contribution in [2.24, 2.45) is 5.10 Å². The zero-order chi connectivity index (χ0) is 18.2. The molecule has 8 heteroatoms. The van der Waals surface area contributed by atoms with Gasteiger partial charge in [-0.3, -0.25) is 9.59 Å². The van der Waals surface area contributed by atoms with Crippen LogP contribution < -0.4 is 15.5 Å². The summed E-state index contributed by atoms with van der Waals surface area (Å²) in [7, 11) is 1.43. The number of amides is 2. The molecule has 2 rings (SSSR count). The van der Waals surface area contributed by atoms with Crippen LogP contribution in [0.1, 0.15) is 15.9 Å². The molecule has 0 saturated heterocycles. The smallest absolute Gasteiger partial charge is 0.259 e. The molecule has 0 aliphatic carbocycles. The Morgan fingerprint density at radius 3 is 2.76 bits per heavy atom. The first-order chi connectivity index (χ1) is 12.0. The van der Waals surface area contributed by atoms with Crippen molar-refractivity contribution in [3.05, 3.63) is 58.6 Å². The number of nitrogens with zero attached hydrogens (tertiary/aromatic N) is 1. The highest BCUT2D eigenvalue weighted by atomic mass is 35.5. The number of ether oxygens (including phenoxy) is 1. The molecule has 0 unspecified atom stereocenters. The van der Waals surface area contributed by atoms with Gasteiger partial charge in [0.15, 0.2) is 11.5 Å². The molecule has 7 nitrogen and oxygen atoms in total. The summed E-state index contributed by atoms with van der Waals surface area (Å²) in [6, 6.07) is 11.2. The monoisotopic (exact) mass is 361 g/mol. The van der Waals surface area contributed by atoms with Crippen molar-refractivity contribution in [3.8, 4) is 11.5 Å². The van der Waals surface area contributed by atoms with Gasteiger partial charge in [-0.2, -0.15) is 5.10 Å². The number of aromatic hydroxyl groups is 1. The molecule has 130 valence electrons. The Labute approximate surface area is 149 Å². The van der Waals surface area contributed by atoms with Crippen molar-refractivity contribution in [1.29, 1.82) is 0 Å². The number of para-hydroxylation sites is 1. The van der Waals surface area contributed by atoms with Gasteiger partial charge in [0, 0.05) is 16.1 Å². The third-order valence-corrected chi connectivity index (χ3v) is 3.37. The SMILES string of the molecule is COc1cccc(/C=N\NC(=O)CNC(=O)c2cccc(Cl)c2)c1O. The van der Waals surface area contributed by atoms with Gasteiger partial charge in [0.05, 0.1) is 19.9 Å². The Morgan fingerprint density at radius 2 is 2.04 bits per heavy atom. The Morgan fingerprint density at radius 1 is 1.28 bits per heavy atom.